The minimum absolute atomic E-state index is 0.0122. The fourth-order valence-electron chi connectivity index (χ4n) is 3.33. The maximum absolute atomic E-state index is 12.7. The summed E-state index contributed by atoms with van der Waals surface area (Å²) < 4.78 is 11.6. The second-order valence-electron chi connectivity index (χ2n) is 7.47. The summed E-state index contributed by atoms with van der Waals surface area (Å²) in [4.78, 5) is 12.7. The van der Waals surface area contributed by atoms with Crippen LogP contribution < -0.4 is 14.8 Å². The third-order valence-electron chi connectivity index (χ3n) is 5.11. The van der Waals surface area contributed by atoms with E-state index in [0.29, 0.717) is 29.2 Å². The van der Waals surface area contributed by atoms with Gasteiger partial charge in [-0.15, -0.1) is 0 Å². The van der Waals surface area contributed by atoms with Crippen LogP contribution in [0.3, 0.4) is 0 Å². The summed E-state index contributed by atoms with van der Waals surface area (Å²) in [7, 11) is 0. The summed E-state index contributed by atoms with van der Waals surface area (Å²) in [5.41, 5.74) is 2.89. The molecule has 1 N–H and O–H groups in total. The molecule has 0 radical (unpaired) electrons. The first-order chi connectivity index (χ1) is 16.5. The Hall–Kier alpha value is -4.55. The Morgan fingerprint density at radius 1 is 1.00 bits per heavy atom. The summed E-state index contributed by atoms with van der Waals surface area (Å²) in [5.74, 6) is 0.540. The molecule has 1 atom stereocenters. The molecule has 0 saturated heterocycles. The molecule has 0 bridgehead atoms. The van der Waals surface area contributed by atoms with E-state index in [0.717, 1.165) is 11.1 Å². The molecule has 3 aromatic carbocycles. The van der Waals surface area contributed by atoms with Gasteiger partial charge < -0.3 is 14.8 Å². The zero-order valence-corrected chi connectivity index (χ0v) is 19.1. The maximum Gasteiger partial charge on any atom is 0.262 e. The lowest BCUT2D eigenvalue weighted by atomic mass is 10.1. The Bertz CT molecular complexity index is 1250. The zero-order valence-electron chi connectivity index (χ0n) is 19.1. The molecule has 3 aromatic rings. The van der Waals surface area contributed by atoms with E-state index in [2.05, 4.69) is 11.4 Å². The van der Waals surface area contributed by atoms with E-state index in [9.17, 15) is 15.3 Å². The zero-order chi connectivity index (χ0) is 24.3. The number of amides is 1. The fourth-order valence-corrected chi connectivity index (χ4v) is 3.33. The highest BCUT2D eigenvalue weighted by Crippen LogP contribution is 2.30. The van der Waals surface area contributed by atoms with Crippen molar-refractivity contribution in [3.63, 3.8) is 0 Å². The molecule has 0 fully saturated rings. The highest BCUT2D eigenvalue weighted by molar-refractivity contribution is 6.01. The van der Waals surface area contributed by atoms with Crippen LogP contribution in [-0.4, -0.2) is 12.5 Å². The van der Waals surface area contributed by atoms with Gasteiger partial charge in [0.15, 0.2) is 11.5 Å². The van der Waals surface area contributed by atoms with Crippen LogP contribution in [0.1, 0.15) is 42.1 Å². The summed E-state index contributed by atoms with van der Waals surface area (Å²) in [6.07, 6.45) is 1.52. The molecule has 6 heteroatoms. The van der Waals surface area contributed by atoms with Gasteiger partial charge in [0.05, 0.1) is 24.3 Å². The van der Waals surface area contributed by atoms with Crippen molar-refractivity contribution in [1.82, 2.24) is 5.32 Å². The third kappa shape index (κ3) is 6.25. The Kier molecular flexibility index (Phi) is 8.43. The maximum atomic E-state index is 12.7. The van der Waals surface area contributed by atoms with E-state index in [1.165, 1.54) is 6.08 Å². The van der Waals surface area contributed by atoms with E-state index in [4.69, 9.17) is 9.47 Å². The average molecular weight is 452 g/mol. The Morgan fingerprint density at radius 2 is 1.74 bits per heavy atom. The predicted molar refractivity (Wildman–Crippen MR) is 130 cm³/mol. The lowest BCUT2D eigenvalue weighted by molar-refractivity contribution is -0.117. The topological polar surface area (TPSA) is 95.1 Å². The SMILES string of the molecule is CCOc1cc(/C=C(\C#N)C(=O)N[C@@H](C)c2ccccc2)ccc1OCc1ccccc1C#N. The van der Waals surface area contributed by atoms with Crippen molar-refractivity contribution in [3.8, 4) is 23.6 Å². The summed E-state index contributed by atoms with van der Waals surface area (Å²) >= 11 is 0. The number of rotatable bonds is 9. The summed E-state index contributed by atoms with van der Waals surface area (Å²) in [5, 5.41) is 21.7. The number of benzene rings is 3. The van der Waals surface area contributed by atoms with Crippen LogP contribution in [0.15, 0.2) is 78.4 Å². The molecule has 3 rings (SSSR count). The molecule has 34 heavy (non-hydrogen) atoms. The van der Waals surface area contributed by atoms with Crippen LogP contribution in [0.25, 0.3) is 6.08 Å². The highest BCUT2D eigenvalue weighted by atomic mass is 16.5. The van der Waals surface area contributed by atoms with Crippen molar-refractivity contribution in [2.24, 2.45) is 0 Å². The Balaban J connectivity index is 1.77. The van der Waals surface area contributed by atoms with Gasteiger partial charge in [-0.1, -0.05) is 54.6 Å². The summed E-state index contributed by atoms with van der Waals surface area (Å²) in [6, 6.07) is 25.9. The molecule has 0 aliphatic heterocycles. The Morgan fingerprint density at radius 3 is 2.44 bits per heavy atom. The van der Waals surface area contributed by atoms with Crippen molar-refractivity contribution >= 4 is 12.0 Å². The number of carbonyl (C=O) groups excluding carboxylic acids is 1. The van der Waals surface area contributed by atoms with Crippen LogP contribution >= 0.6 is 0 Å². The normalized spacial score (nSPS) is 11.6. The first-order valence-corrected chi connectivity index (χ1v) is 10.9. The van der Waals surface area contributed by atoms with Crippen LogP contribution in [-0.2, 0) is 11.4 Å². The van der Waals surface area contributed by atoms with Crippen molar-refractivity contribution in [2.45, 2.75) is 26.5 Å². The molecule has 0 heterocycles. The minimum atomic E-state index is -0.453. The number of hydrogen-bond acceptors (Lipinski definition) is 5. The largest absolute Gasteiger partial charge is 0.490 e. The molecular formula is C28H25N3O3. The number of nitrogens with zero attached hydrogens (tertiary/aromatic N) is 2. The minimum Gasteiger partial charge on any atom is -0.490 e. The van der Waals surface area contributed by atoms with Gasteiger partial charge in [-0.25, -0.2) is 0 Å². The van der Waals surface area contributed by atoms with Crippen molar-refractivity contribution in [2.75, 3.05) is 6.61 Å². The molecule has 0 spiro atoms. The molecule has 170 valence electrons. The molecule has 6 nitrogen and oxygen atoms in total. The predicted octanol–water partition coefficient (Wildman–Crippen LogP) is 5.32. The van der Waals surface area contributed by atoms with Gasteiger partial charge in [0, 0.05) is 5.56 Å². The van der Waals surface area contributed by atoms with E-state index < -0.39 is 5.91 Å². The van der Waals surface area contributed by atoms with Crippen molar-refractivity contribution in [1.29, 1.82) is 10.5 Å². The highest BCUT2D eigenvalue weighted by Gasteiger charge is 2.15. The van der Waals surface area contributed by atoms with E-state index in [1.54, 1.807) is 30.3 Å². The van der Waals surface area contributed by atoms with Gasteiger partial charge in [-0.05, 0) is 49.2 Å². The molecule has 1 amide bonds. The van der Waals surface area contributed by atoms with E-state index in [1.807, 2.05) is 62.4 Å². The number of nitrogens with one attached hydrogen (secondary N) is 1. The second kappa shape index (κ2) is 11.9. The molecule has 0 unspecified atom stereocenters. The first-order valence-electron chi connectivity index (χ1n) is 10.9. The van der Waals surface area contributed by atoms with Gasteiger partial charge in [0.25, 0.3) is 5.91 Å². The van der Waals surface area contributed by atoms with Crippen molar-refractivity contribution in [3.05, 3.63) is 101 Å². The van der Waals surface area contributed by atoms with Crippen LogP contribution in [0.5, 0.6) is 11.5 Å². The Labute approximate surface area is 199 Å². The molecule has 0 aliphatic rings. The molecular weight excluding hydrogens is 426 g/mol. The van der Waals surface area contributed by atoms with Gasteiger partial charge in [-0.2, -0.15) is 10.5 Å². The first kappa shape index (κ1) is 24.1. The van der Waals surface area contributed by atoms with Crippen LogP contribution in [0.2, 0.25) is 0 Å². The van der Waals surface area contributed by atoms with Gasteiger partial charge >= 0.3 is 0 Å². The number of nitriles is 2. The van der Waals surface area contributed by atoms with E-state index >= 15 is 0 Å². The monoisotopic (exact) mass is 451 g/mol. The molecule has 0 saturated carbocycles. The smallest absolute Gasteiger partial charge is 0.262 e. The third-order valence-corrected chi connectivity index (χ3v) is 5.11. The summed E-state index contributed by atoms with van der Waals surface area (Å²) in [6.45, 7) is 4.35. The number of carbonyl (C=O) groups is 1. The quantitative estimate of drug-likeness (QED) is 0.351. The van der Waals surface area contributed by atoms with Crippen LogP contribution in [0, 0.1) is 22.7 Å². The molecule has 0 aromatic heterocycles. The van der Waals surface area contributed by atoms with Gasteiger partial charge in [0.1, 0.15) is 18.2 Å². The number of hydrogen-bond donors (Lipinski definition) is 1. The van der Waals surface area contributed by atoms with E-state index in [-0.39, 0.29) is 18.2 Å². The number of ether oxygens (including phenoxy) is 2. The van der Waals surface area contributed by atoms with Crippen LogP contribution in [0.4, 0.5) is 0 Å². The standard InChI is InChI=1S/C28H25N3O3/c1-3-33-27-16-21(13-14-26(27)34-19-24-12-8-7-11-23(24)17-29)15-25(18-30)28(32)31-20(2)22-9-5-4-6-10-22/h4-16,20H,3,19H2,1-2H3,(H,31,32)/b25-15+/t20-/m0/s1. The lowest BCUT2D eigenvalue weighted by Crippen LogP contribution is -2.27. The second-order valence-corrected chi connectivity index (χ2v) is 7.47. The average Bonchev–Trinajstić information content (AvgIpc) is 2.87. The fraction of sp³-hybridized carbons (Fsp3) is 0.179. The molecule has 0 aliphatic carbocycles. The van der Waals surface area contributed by atoms with Gasteiger partial charge in [0.2, 0.25) is 0 Å². The lowest BCUT2D eigenvalue weighted by Gasteiger charge is -2.14. The van der Waals surface area contributed by atoms with Gasteiger partial charge in [-0.3, -0.25) is 4.79 Å². The van der Waals surface area contributed by atoms with Crippen molar-refractivity contribution < 1.29 is 14.3 Å².